The molecule has 0 aliphatic heterocycles. The topological polar surface area (TPSA) is 83.5 Å². The predicted octanol–water partition coefficient (Wildman–Crippen LogP) is 2.75. The Morgan fingerprint density at radius 3 is 2.52 bits per heavy atom. The van der Waals surface area contributed by atoms with Crippen molar-refractivity contribution >= 4 is 27.6 Å². The van der Waals surface area contributed by atoms with Gasteiger partial charge in [-0.1, -0.05) is 25.4 Å². The SMILES string of the molecule is CC1CCC(NS(=O)(=O)c2ccc(Cl)c(C(=O)O)c2)C1C. The lowest BCUT2D eigenvalue weighted by atomic mass is 9.98. The number of carbonyl (C=O) groups is 1. The standard InChI is InChI=1S/C14H18ClNO4S/c1-8-3-6-13(9(8)2)16-21(19,20)10-4-5-12(15)11(7-10)14(17)18/h4-5,7-9,13,16H,3,6H2,1-2H3,(H,17,18). The summed E-state index contributed by atoms with van der Waals surface area (Å²) in [5.74, 6) is -0.525. The van der Waals surface area contributed by atoms with Crippen LogP contribution in [-0.2, 0) is 10.0 Å². The molecule has 1 aromatic rings. The van der Waals surface area contributed by atoms with Crippen molar-refractivity contribution in [1.29, 1.82) is 0 Å². The van der Waals surface area contributed by atoms with Crippen molar-refractivity contribution in [3.05, 3.63) is 28.8 Å². The van der Waals surface area contributed by atoms with Gasteiger partial charge in [-0.3, -0.25) is 0 Å². The van der Waals surface area contributed by atoms with Gasteiger partial charge in [0.2, 0.25) is 10.0 Å². The molecule has 0 saturated heterocycles. The van der Waals surface area contributed by atoms with Crippen molar-refractivity contribution in [2.24, 2.45) is 11.8 Å². The van der Waals surface area contributed by atoms with Crippen LogP contribution in [0.25, 0.3) is 0 Å². The zero-order chi connectivity index (χ0) is 15.8. The van der Waals surface area contributed by atoms with E-state index < -0.39 is 16.0 Å². The first-order valence-corrected chi connectivity index (χ1v) is 8.63. The fourth-order valence-electron chi connectivity index (χ4n) is 2.63. The minimum atomic E-state index is -3.74. The molecule has 116 valence electrons. The fraction of sp³-hybridized carbons (Fsp3) is 0.500. The highest BCUT2D eigenvalue weighted by molar-refractivity contribution is 7.89. The molecule has 0 spiro atoms. The van der Waals surface area contributed by atoms with Crippen molar-refractivity contribution in [2.75, 3.05) is 0 Å². The van der Waals surface area contributed by atoms with Gasteiger partial charge >= 0.3 is 5.97 Å². The summed E-state index contributed by atoms with van der Waals surface area (Å²) in [4.78, 5) is 11.0. The summed E-state index contributed by atoms with van der Waals surface area (Å²) in [5.41, 5.74) is -0.215. The number of sulfonamides is 1. The normalized spacial score (nSPS) is 26.0. The minimum absolute atomic E-state index is 0.0179. The van der Waals surface area contributed by atoms with E-state index in [1.807, 2.05) is 6.92 Å². The van der Waals surface area contributed by atoms with Crippen molar-refractivity contribution in [1.82, 2.24) is 4.72 Å². The molecule has 1 aliphatic rings. The van der Waals surface area contributed by atoms with Gasteiger partial charge in [0, 0.05) is 6.04 Å². The Balaban J connectivity index is 2.28. The molecule has 7 heteroatoms. The van der Waals surface area contributed by atoms with Crippen LogP contribution < -0.4 is 4.72 Å². The van der Waals surface area contributed by atoms with Crippen LogP contribution in [0.5, 0.6) is 0 Å². The van der Waals surface area contributed by atoms with E-state index >= 15 is 0 Å². The smallest absolute Gasteiger partial charge is 0.337 e. The van der Waals surface area contributed by atoms with E-state index in [2.05, 4.69) is 11.6 Å². The maximum Gasteiger partial charge on any atom is 0.337 e. The van der Waals surface area contributed by atoms with E-state index in [1.165, 1.54) is 12.1 Å². The molecule has 1 saturated carbocycles. The molecule has 1 aromatic carbocycles. The first-order valence-electron chi connectivity index (χ1n) is 6.77. The molecule has 2 N–H and O–H groups in total. The van der Waals surface area contributed by atoms with E-state index in [9.17, 15) is 13.2 Å². The monoisotopic (exact) mass is 331 g/mol. The maximum atomic E-state index is 12.4. The van der Waals surface area contributed by atoms with Crippen LogP contribution in [0.1, 0.15) is 37.0 Å². The van der Waals surface area contributed by atoms with Crippen LogP contribution in [0.15, 0.2) is 23.1 Å². The van der Waals surface area contributed by atoms with Gasteiger partial charge in [0.1, 0.15) is 0 Å². The number of benzene rings is 1. The predicted molar refractivity (Wildman–Crippen MR) is 80.1 cm³/mol. The number of rotatable bonds is 4. The molecule has 1 fully saturated rings. The van der Waals surface area contributed by atoms with E-state index in [1.54, 1.807) is 0 Å². The second-order valence-electron chi connectivity index (χ2n) is 5.59. The highest BCUT2D eigenvalue weighted by atomic mass is 35.5. The largest absolute Gasteiger partial charge is 0.478 e. The van der Waals surface area contributed by atoms with Gasteiger partial charge < -0.3 is 5.11 Å². The Morgan fingerprint density at radius 2 is 2.00 bits per heavy atom. The van der Waals surface area contributed by atoms with Crippen molar-refractivity contribution in [3.8, 4) is 0 Å². The van der Waals surface area contributed by atoms with Gasteiger partial charge in [0.25, 0.3) is 0 Å². The first-order chi connectivity index (χ1) is 9.72. The molecule has 0 radical (unpaired) electrons. The summed E-state index contributed by atoms with van der Waals surface area (Å²) < 4.78 is 27.4. The average Bonchev–Trinajstić information content (AvgIpc) is 2.70. The van der Waals surface area contributed by atoms with Crippen LogP contribution >= 0.6 is 11.6 Å². The number of hydrogen-bond donors (Lipinski definition) is 2. The van der Waals surface area contributed by atoms with E-state index in [0.29, 0.717) is 5.92 Å². The lowest BCUT2D eigenvalue weighted by molar-refractivity contribution is 0.0697. The molecule has 0 heterocycles. The van der Waals surface area contributed by atoms with Crippen molar-refractivity contribution in [2.45, 2.75) is 37.6 Å². The lowest BCUT2D eigenvalue weighted by Gasteiger charge is -2.19. The third-order valence-corrected chi connectivity index (χ3v) is 6.07. The lowest BCUT2D eigenvalue weighted by Crippen LogP contribution is -2.37. The first kappa shape index (κ1) is 16.3. The molecule has 0 aromatic heterocycles. The molecule has 0 amide bonds. The van der Waals surface area contributed by atoms with Gasteiger partial charge in [-0.15, -0.1) is 0 Å². The number of aromatic carboxylic acids is 1. The fourth-order valence-corrected chi connectivity index (χ4v) is 4.22. The molecule has 3 unspecified atom stereocenters. The Kier molecular flexibility index (Phi) is 4.60. The van der Waals surface area contributed by atoms with Crippen LogP contribution in [0.2, 0.25) is 5.02 Å². The number of carboxylic acid groups (broad SMARTS) is 1. The van der Waals surface area contributed by atoms with Gasteiger partial charge in [-0.2, -0.15) is 0 Å². The molecule has 0 bridgehead atoms. The van der Waals surface area contributed by atoms with E-state index in [4.69, 9.17) is 16.7 Å². The van der Waals surface area contributed by atoms with Crippen LogP contribution in [0.3, 0.4) is 0 Å². The zero-order valence-corrected chi connectivity index (χ0v) is 13.4. The number of carboxylic acids is 1. The van der Waals surface area contributed by atoms with E-state index in [-0.39, 0.29) is 27.4 Å². The summed E-state index contributed by atoms with van der Waals surface area (Å²) in [6.07, 6.45) is 1.77. The van der Waals surface area contributed by atoms with Gasteiger partial charge in [0.05, 0.1) is 15.5 Å². The van der Waals surface area contributed by atoms with Crippen molar-refractivity contribution in [3.63, 3.8) is 0 Å². The van der Waals surface area contributed by atoms with Crippen LogP contribution in [0.4, 0.5) is 0 Å². The van der Waals surface area contributed by atoms with E-state index in [0.717, 1.165) is 18.9 Å². The quantitative estimate of drug-likeness (QED) is 0.888. The zero-order valence-electron chi connectivity index (χ0n) is 11.8. The Morgan fingerprint density at radius 1 is 1.33 bits per heavy atom. The molecule has 21 heavy (non-hydrogen) atoms. The Bertz CT molecular complexity index is 659. The second kappa shape index (κ2) is 5.94. The molecule has 2 rings (SSSR count). The third-order valence-electron chi connectivity index (χ3n) is 4.25. The summed E-state index contributed by atoms with van der Waals surface area (Å²) in [6.45, 7) is 4.12. The number of nitrogens with one attached hydrogen (secondary N) is 1. The minimum Gasteiger partial charge on any atom is -0.478 e. The summed E-state index contributed by atoms with van der Waals surface area (Å²) >= 11 is 5.76. The number of hydrogen-bond acceptors (Lipinski definition) is 3. The van der Waals surface area contributed by atoms with Gasteiger partial charge in [0.15, 0.2) is 0 Å². The molecule has 1 aliphatic carbocycles. The summed E-state index contributed by atoms with van der Waals surface area (Å²) in [7, 11) is -3.74. The maximum absolute atomic E-state index is 12.4. The highest BCUT2D eigenvalue weighted by Gasteiger charge is 2.33. The highest BCUT2D eigenvalue weighted by Crippen LogP contribution is 2.32. The molecule has 3 atom stereocenters. The van der Waals surface area contributed by atoms with Gasteiger partial charge in [-0.25, -0.2) is 17.9 Å². The van der Waals surface area contributed by atoms with Crippen LogP contribution in [-0.4, -0.2) is 25.5 Å². The summed E-state index contributed by atoms with van der Waals surface area (Å²) in [6, 6.07) is 3.59. The summed E-state index contributed by atoms with van der Waals surface area (Å²) in [5, 5.41) is 9.04. The molecular formula is C14H18ClNO4S. The molecular weight excluding hydrogens is 314 g/mol. The van der Waals surface area contributed by atoms with Crippen LogP contribution in [0, 0.1) is 11.8 Å². The number of halogens is 1. The average molecular weight is 332 g/mol. The Hall–Kier alpha value is -1.11. The second-order valence-corrected chi connectivity index (χ2v) is 7.71. The Labute approximate surface area is 129 Å². The molecule has 5 nitrogen and oxygen atoms in total. The van der Waals surface area contributed by atoms with Gasteiger partial charge in [-0.05, 0) is 42.9 Å². The van der Waals surface area contributed by atoms with Crippen molar-refractivity contribution < 1.29 is 18.3 Å². The third kappa shape index (κ3) is 3.39.